The van der Waals surface area contributed by atoms with Gasteiger partial charge >= 0.3 is 0 Å². The molecule has 0 amide bonds. The molecule has 3 rings (SSSR count). The molecule has 1 aromatic carbocycles. The molecule has 2 heterocycles. The number of rotatable bonds is 4. The maximum Gasteiger partial charge on any atom is 0.210 e. The smallest absolute Gasteiger partial charge is 0.210 e. The molecule has 0 radical (unpaired) electrons. The number of hydrogen-bond acceptors (Lipinski definition) is 5. The van der Waals surface area contributed by atoms with Crippen LogP contribution in [-0.2, 0) is 11.2 Å². The Morgan fingerprint density at radius 2 is 2.20 bits per heavy atom. The van der Waals surface area contributed by atoms with E-state index in [-0.39, 0.29) is 11.9 Å². The fourth-order valence-electron chi connectivity index (χ4n) is 2.10. The molecular formula is C13H15FN4OS. The second-order valence-corrected chi connectivity index (χ2v) is 5.51. The largest absolute Gasteiger partial charge is 0.384 e. The summed E-state index contributed by atoms with van der Waals surface area (Å²) in [7, 11) is 1.66. The van der Waals surface area contributed by atoms with Gasteiger partial charge in [-0.05, 0) is 17.7 Å². The summed E-state index contributed by atoms with van der Waals surface area (Å²) in [5.74, 6) is 1.47. The summed E-state index contributed by atoms with van der Waals surface area (Å²) in [5, 5.41) is 9.17. The molecule has 1 unspecified atom stereocenters. The van der Waals surface area contributed by atoms with Crippen LogP contribution >= 0.6 is 11.8 Å². The molecule has 7 heteroatoms. The van der Waals surface area contributed by atoms with Gasteiger partial charge in [-0.15, -0.1) is 10.2 Å². The highest BCUT2D eigenvalue weighted by molar-refractivity contribution is 7.99. The number of aromatic nitrogens is 3. The summed E-state index contributed by atoms with van der Waals surface area (Å²) in [5.41, 5.74) is 4.43. The summed E-state index contributed by atoms with van der Waals surface area (Å²) in [6.07, 6.45) is 0.702. The summed E-state index contributed by atoms with van der Waals surface area (Å²) in [6, 6.07) is 6.69. The van der Waals surface area contributed by atoms with E-state index < -0.39 is 0 Å². The van der Waals surface area contributed by atoms with Gasteiger partial charge in [0.05, 0.1) is 12.6 Å². The lowest BCUT2D eigenvalue weighted by Crippen LogP contribution is -2.29. The Bertz CT molecular complexity index is 587. The number of methoxy groups -OCH3 is 1. The minimum Gasteiger partial charge on any atom is -0.384 e. The molecule has 106 valence electrons. The van der Waals surface area contributed by atoms with E-state index in [0.717, 1.165) is 22.3 Å². The molecule has 20 heavy (non-hydrogen) atoms. The average Bonchev–Trinajstić information content (AvgIpc) is 2.88. The highest BCUT2D eigenvalue weighted by Gasteiger charge is 2.23. The van der Waals surface area contributed by atoms with Crippen molar-refractivity contribution in [3.63, 3.8) is 0 Å². The summed E-state index contributed by atoms with van der Waals surface area (Å²) < 4.78 is 20.0. The number of nitrogens with one attached hydrogen (secondary N) is 1. The van der Waals surface area contributed by atoms with Crippen molar-refractivity contribution < 1.29 is 9.13 Å². The molecular weight excluding hydrogens is 279 g/mol. The molecule has 1 aromatic heterocycles. The van der Waals surface area contributed by atoms with Crippen molar-refractivity contribution in [1.29, 1.82) is 0 Å². The summed E-state index contributed by atoms with van der Waals surface area (Å²) in [4.78, 5) is 0. The van der Waals surface area contributed by atoms with E-state index in [0.29, 0.717) is 13.0 Å². The molecule has 1 aliphatic heterocycles. The van der Waals surface area contributed by atoms with Gasteiger partial charge in [0.25, 0.3) is 0 Å². The summed E-state index contributed by atoms with van der Waals surface area (Å²) in [6.45, 7) is 0.603. The summed E-state index contributed by atoms with van der Waals surface area (Å²) >= 11 is 1.64. The van der Waals surface area contributed by atoms with Crippen molar-refractivity contribution in [2.45, 2.75) is 17.6 Å². The Morgan fingerprint density at radius 1 is 1.40 bits per heavy atom. The minimum atomic E-state index is -0.219. The molecule has 0 bridgehead atoms. The van der Waals surface area contributed by atoms with Gasteiger partial charge in [0.15, 0.2) is 5.82 Å². The van der Waals surface area contributed by atoms with Gasteiger partial charge in [-0.3, -0.25) is 0 Å². The minimum absolute atomic E-state index is 0.116. The molecule has 0 spiro atoms. The van der Waals surface area contributed by atoms with Crippen LogP contribution in [0.25, 0.3) is 0 Å². The van der Waals surface area contributed by atoms with Crippen molar-refractivity contribution in [3.8, 4) is 0 Å². The van der Waals surface area contributed by atoms with E-state index in [4.69, 9.17) is 4.74 Å². The first-order valence-electron chi connectivity index (χ1n) is 6.36. The quantitative estimate of drug-likeness (QED) is 0.934. The maximum absolute atomic E-state index is 13.0. The lowest BCUT2D eigenvalue weighted by atomic mass is 10.1. The van der Waals surface area contributed by atoms with Gasteiger partial charge < -0.3 is 10.2 Å². The van der Waals surface area contributed by atoms with Crippen molar-refractivity contribution in [3.05, 3.63) is 41.5 Å². The molecule has 1 N–H and O–H groups in total. The van der Waals surface area contributed by atoms with Crippen LogP contribution in [0.4, 0.5) is 4.39 Å². The number of nitrogens with zero attached hydrogens (tertiary/aromatic N) is 3. The van der Waals surface area contributed by atoms with Crippen LogP contribution in [0.5, 0.6) is 0 Å². The third-order valence-electron chi connectivity index (χ3n) is 3.17. The van der Waals surface area contributed by atoms with Gasteiger partial charge in [0.2, 0.25) is 5.16 Å². The molecule has 1 atom stereocenters. The average molecular weight is 294 g/mol. The fraction of sp³-hybridized carbons (Fsp3) is 0.385. The molecule has 2 aromatic rings. The Hall–Kier alpha value is -1.60. The zero-order valence-electron chi connectivity index (χ0n) is 11.0. The number of hydrogen-bond donors (Lipinski definition) is 1. The first-order valence-corrected chi connectivity index (χ1v) is 7.34. The highest BCUT2D eigenvalue weighted by atomic mass is 32.2. The van der Waals surface area contributed by atoms with Crippen LogP contribution in [0.1, 0.15) is 17.4 Å². The molecule has 0 saturated carbocycles. The third-order valence-corrected chi connectivity index (χ3v) is 4.19. The van der Waals surface area contributed by atoms with Crippen LogP contribution < -0.4 is 5.43 Å². The van der Waals surface area contributed by atoms with E-state index in [9.17, 15) is 4.39 Å². The van der Waals surface area contributed by atoms with Crippen LogP contribution in [-0.4, -0.2) is 34.3 Å². The fourth-order valence-corrected chi connectivity index (χ4v) is 3.06. The molecule has 0 fully saturated rings. The van der Waals surface area contributed by atoms with Crippen molar-refractivity contribution in [1.82, 2.24) is 14.9 Å². The van der Waals surface area contributed by atoms with E-state index >= 15 is 0 Å². The van der Waals surface area contributed by atoms with Crippen molar-refractivity contribution in [2.24, 2.45) is 0 Å². The SMILES string of the molecule is COCCc1nnc2n1NC(c1ccc(F)cc1)CS2. The monoisotopic (exact) mass is 294 g/mol. The Balaban J connectivity index is 1.79. The molecule has 5 nitrogen and oxygen atoms in total. The van der Waals surface area contributed by atoms with Gasteiger partial charge in [0, 0.05) is 19.3 Å². The zero-order valence-corrected chi connectivity index (χ0v) is 11.9. The number of halogens is 1. The maximum atomic E-state index is 13.0. The number of ether oxygens (including phenoxy) is 1. The van der Waals surface area contributed by atoms with Gasteiger partial charge in [0.1, 0.15) is 5.82 Å². The molecule has 1 aliphatic rings. The van der Waals surface area contributed by atoms with E-state index in [1.54, 1.807) is 31.0 Å². The first-order chi connectivity index (χ1) is 9.78. The van der Waals surface area contributed by atoms with Gasteiger partial charge in [-0.25, -0.2) is 9.07 Å². The number of thioether (sulfide) groups is 1. The van der Waals surface area contributed by atoms with Crippen LogP contribution in [0.3, 0.4) is 0 Å². The second-order valence-electron chi connectivity index (χ2n) is 4.52. The van der Waals surface area contributed by atoms with Crippen LogP contribution in [0, 0.1) is 5.82 Å². The topological polar surface area (TPSA) is 52.0 Å². The predicted molar refractivity (Wildman–Crippen MR) is 74.8 cm³/mol. The van der Waals surface area contributed by atoms with Gasteiger partial charge in [-0.1, -0.05) is 23.9 Å². The second kappa shape index (κ2) is 5.80. The number of benzene rings is 1. The van der Waals surface area contributed by atoms with E-state index in [1.807, 2.05) is 4.68 Å². The van der Waals surface area contributed by atoms with Crippen LogP contribution in [0.15, 0.2) is 29.4 Å². The van der Waals surface area contributed by atoms with E-state index in [1.165, 1.54) is 12.1 Å². The van der Waals surface area contributed by atoms with Crippen LogP contribution in [0.2, 0.25) is 0 Å². The highest BCUT2D eigenvalue weighted by Crippen LogP contribution is 2.29. The number of fused-ring (bicyclic) bond motifs is 1. The van der Waals surface area contributed by atoms with Crippen molar-refractivity contribution >= 4 is 11.8 Å². The Kier molecular flexibility index (Phi) is 3.88. The van der Waals surface area contributed by atoms with E-state index in [2.05, 4.69) is 15.6 Å². The standard InChI is InChI=1S/C13H15FN4OS/c1-19-7-6-12-15-16-13-18(12)17-11(8-20-13)9-2-4-10(14)5-3-9/h2-5,11,17H,6-8H2,1H3. The lowest BCUT2D eigenvalue weighted by Gasteiger charge is -2.26. The lowest BCUT2D eigenvalue weighted by molar-refractivity contribution is 0.199. The molecule has 0 aliphatic carbocycles. The van der Waals surface area contributed by atoms with Crippen molar-refractivity contribution in [2.75, 3.05) is 24.9 Å². The predicted octanol–water partition coefficient (Wildman–Crippen LogP) is 2.00. The zero-order chi connectivity index (χ0) is 13.9. The molecule has 0 saturated heterocycles. The third kappa shape index (κ3) is 2.64. The van der Waals surface area contributed by atoms with Gasteiger partial charge in [-0.2, -0.15) is 0 Å². The Morgan fingerprint density at radius 3 is 2.95 bits per heavy atom. The Labute approximate surface area is 120 Å². The first kappa shape index (κ1) is 13.4. The normalized spacial score (nSPS) is 17.6.